The van der Waals surface area contributed by atoms with Gasteiger partial charge in [-0.1, -0.05) is 13.8 Å². The van der Waals surface area contributed by atoms with Crippen molar-refractivity contribution in [2.45, 2.75) is 63.8 Å². The van der Waals surface area contributed by atoms with Gasteiger partial charge in [0, 0.05) is 16.8 Å². The SMILES string of the molecule is CC1(C)COc2c(S(=O)(=O)NC(=O)Nc3c4c(nc5c3CCC5)CCC4)cnn2C1. The van der Waals surface area contributed by atoms with E-state index in [4.69, 9.17) is 9.72 Å². The standard InChI is InChI=1S/C20H25N5O4S/c1-20(2)10-25-18(29-11-20)16(9-21-25)30(27,28)24-19(26)23-17-12-5-3-7-14(12)22-15-8-4-6-13(15)17/h9H,3-8,10-11H2,1-2H3,(H2,22,23,24,26). The molecule has 2 aromatic heterocycles. The van der Waals surface area contributed by atoms with Crippen LogP contribution >= 0.6 is 0 Å². The van der Waals surface area contributed by atoms with Crippen molar-refractivity contribution in [3.63, 3.8) is 0 Å². The van der Waals surface area contributed by atoms with Gasteiger partial charge in [0.1, 0.15) is 0 Å². The second kappa shape index (κ2) is 6.69. The highest BCUT2D eigenvalue weighted by Gasteiger charge is 2.34. The summed E-state index contributed by atoms with van der Waals surface area (Å²) >= 11 is 0. The Hall–Kier alpha value is -2.62. The molecule has 3 heterocycles. The fourth-order valence-electron chi connectivity index (χ4n) is 4.57. The Balaban J connectivity index is 1.39. The molecule has 0 atom stereocenters. The Morgan fingerprint density at radius 1 is 1.13 bits per heavy atom. The fraction of sp³-hybridized carbons (Fsp3) is 0.550. The van der Waals surface area contributed by atoms with Crippen LogP contribution in [0.4, 0.5) is 10.5 Å². The minimum atomic E-state index is -4.13. The molecule has 0 bridgehead atoms. The summed E-state index contributed by atoms with van der Waals surface area (Å²) < 4.78 is 35.1. The number of urea groups is 1. The quantitative estimate of drug-likeness (QED) is 0.770. The van der Waals surface area contributed by atoms with Gasteiger partial charge in [-0.25, -0.2) is 22.6 Å². The number of hydrogen-bond acceptors (Lipinski definition) is 6. The van der Waals surface area contributed by atoms with Crippen molar-refractivity contribution in [1.29, 1.82) is 0 Å². The molecule has 2 amide bonds. The van der Waals surface area contributed by atoms with Gasteiger partial charge in [-0.15, -0.1) is 0 Å². The lowest BCUT2D eigenvalue weighted by Gasteiger charge is -2.30. The summed E-state index contributed by atoms with van der Waals surface area (Å²) in [6, 6.07) is -0.777. The van der Waals surface area contributed by atoms with Crippen molar-refractivity contribution in [3.05, 3.63) is 28.7 Å². The molecule has 0 saturated carbocycles. The van der Waals surface area contributed by atoms with Crippen LogP contribution in [0, 0.1) is 5.41 Å². The maximum absolute atomic E-state index is 12.9. The maximum atomic E-state index is 12.9. The summed E-state index contributed by atoms with van der Waals surface area (Å²) in [4.78, 5) is 17.3. The van der Waals surface area contributed by atoms with E-state index in [0.29, 0.717) is 13.2 Å². The van der Waals surface area contributed by atoms with Crippen LogP contribution in [0.2, 0.25) is 0 Å². The van der Waals surface area contributed by atoms with Gasteiger partial charge < -0.3 is 10.1 Å². The number of aromatic nitrogens is 3. The first-order valence-electron chi connectivity index (χ1n) is 10.3. The van der Waals surface area contributed by atoms with Gasteiger partial charge >= 0.3 is 6.03 Å². The van der Waals surface area contributed by atoms with Crippen LogP contribution in [0.1, 0.15) is 49.2 Å². The molecule has 1 aliphatic heterocycles. The van der Waals surface area contributed by atoms with E-state index in [1.165, 1.54) is 10.9 Å². The molecule has 0 radical (unpaired) electrons. The van der Waals surface area contributed by atoms with E-state index in [1.807, 2.05) is 13.8 Å². The van der Waals surface area contributed by atoms with Crippen LogP contribution in [0.3, 0.4) is 0 Å². The number of rotatable bonds is 3. The number of nitrogens with one attached hydrogen (secondary N) is 2. The molecule has 10 heteroatoms. The Kier molecular flexibility index (Phi) is 4.32. The number of amides is 2. The van der Waals surface area contributed by atoms with Gasteiger partial charge in [0.05, 0.1) is 25.0 Å². The first kappa shape index (κ1) is 19.3. The molecular formula is C20H25N5O4S. The normalized spacial score (nSPS) is 18.9. The number of pyridine rings is 1. The zero-order chi connectivity index (χ0) is 21.1. The minimum absolute atomic E-state index is 0.127. The molecule has 5 rings (SSSR count). The number of anilines is 1. The number of sulfonamides is 1. The number of aryl methyl sites for hydroxylation is 2. The molecule has 2 aromatic rings. The van der Waals surface area contributed by atoms with Gasteiger partial charge in [0.15, 0.2) is 4.90 Å². The molecule has 2 N–H and O–H groups in total. The van der Waals surface area contributed by atoms with Crippen LogP contribution in [0.5, 0.6) is 5.88 Å². The predicted molar refractivity (Wildman–Crippen MR) is 109 cm³/mol. The molecule has 0 saturated heterocycles. The van der Waals surface area contributed by atoms with E-state index >= 15 is 0 Å². The van der Waals surface area contributed by atoms with E-state index in [2.05, 4.69) is 15.1 Å². The smallest absolute Gasteiger partial charge is 0.333 e. The number of carbonyl (C=O) groups is 1. The number of hydrogen-bond donors (Lipinski definition) is 2. The Labute approximate surface area is 175 Å². The second-order valence-electron chi connectivity index (χ2n) is 9.03. The highest BCUT2D eigenvalue weighted by molar-refractivity contribution is 7.90. The summed E-state index contributed by atoms with van der Waals surface area (Å²) in [7, 11) is -4.13. The highest BCUT2D eigenvalue weighted by Crippen LogP contribution is 2.37. The van der Waals surface area contributed by atoms with E-state index in [1.54, 1.807) is 0 Å². The first-order valence-corrected chi connectivity index (χ1v) is 11.8. The molecule has 0 unspecified atom stereocenters. The molecule has 0 aromatic carbocycles. The van der Waals surface area contributed by atoms with Crippen molar-refractivity contribution < 1.29 is 17.9 Å². The Bertz CT molecular complexity index is 1120. The monoisotopic (exact) mass is 431 g/mol. The number of carbonyl (C=O) groups excluding carboxylic acids is 1. The van der Waals surface area contributed by atoms with E-state index in [0.717, 1.165) is 66.7 Å². The van der Waals surface area contributed by atoms with Crippen LogP contribution in [-0.4, -0.2) is 35.8 Å². The zero-order valence-corrected chi connectivity index (χ0v) is 17.9. The van der Waals surface area contributed by atoms with E-state index < -0.39 is 16.1 Å². The van der Waals surface area contributed by atoms with Gasteiger partial charge in [-0.2, -0.15) is 5.10 Å². The number of nitrogens with zero attached hydrogens (tertiary/aromatic N) is 3. The predicted octanol–water partition coefficient (Wildman–Crippen LogP) is 2.18. The molecular weight excluding hydrogens is 406 g/mol. The van der Waals surface area contributed by atoms with Gasteiger partial charge in [0.25, 0.3) is 10.0 Å². The summed E-state index contributed by atoms with van der Waals surface area (Å²) in [5.41, 5.74) is 4.72. The third kappa shape index (κ3) is 3.23. The van der Waals surface area contributed by atoms with Crippen molar-refractivity contribution in [2.75, 3.05) is 11.9 Å². The minimum Gasteiger partial charge on any atom is -0.476 e. The second-order valence-corrected chi connectivity index (χ2v) is 10.7. The van der Waals surface area contributed by atoms with Crippen molar-refractivity contribution in [2.24, 2.45) is 5.41 Å². The maximum Gasteiger partial charge on any atom is 0.333 e. The lowest BCUT2D eigenvalue weighted by Crippen LogP contribution is -2.36. The van der Waals surface area contributed by atoms with Gasteiger partial charge in [-0.3, -0.25) is 4.98 Å². The van der Waals surface area contributed by atoms with Crippen LogP contribution in [-0.2, 0) is 42.3 Å². The van der Waals surface area contributed by atoms with Crippen molar-refractivity contribution in [1.82, 2.24) is 19.5 Å². The molecule has 2 aliphatic carbocycles. The summed E-state index contributed by atoms with van der Waals surface area (Å²) in [5, 5.41) is 6.95. The molecule has 3 aliphatic rings. The fourth-order valence-corrected chi connectivity index (χ4v) is 5.55. The summed E-state index contributed by atoms with van der Waals surface area (Å²) in [6.45, 7) is 4.95. The molecule has 0 fully saturated rings. The molecule has 0 spiro atoms. The van der Waals surface area contributed by atoms with Crippen molar-refractivity contribution in [3.8, 4) is 5.88 Å². The van der Waals surface area contributed by atoms with Crippen LogP contribution in [0.15, 0.2) is 11.1 Å². The Morgan fingerprint density at radius 3 is 2.47 bits per heavy atom. The van der Waals surface area contributed by atoms with Crippen LogP contribution in [0.25, 0.3) is 0 Å². The summed E-state index contributed by atoms with van der Waals surface area (Å²) in [6.07, 6.45) is 6.71. The van der Waals surface area contributed by atoms with Gasteiger partial charge in [0.2, 0.25) is 5.88 Å². The van der Waals surface area contributed by atoms with Gasteiger partial charge in [-0.05, 0) is 49.7 Å². The molecule has 9 nitrogen and oxygen atoms in total. The van der Waals surface area contributed by atoms with E-state index in [-0.39, 0.29) is 16.2 Å². The van der Waals surface area contributed by atoms with Crippen molar-refractivity contribution >= 4 is 21.7 Å². The lowest BCUT2D eigenvalue weighted by atomic mass is 9.94. The average molecular weight is 432 g/mol. The highest BCUT2D eigenvalue weighted by atomic mass is 32.2. The third-order valence-electron chi connectivity index (χ3n) is 5.94. The summed E-state index contributed by atoms with van der Waals surface area (Å²) in [5.74, 6) is 0.167. The average Bonchev–Trinajstić information content (AvgIpc) is 3.38. The van der Waals surface area contributed by atoms with E-state index in [9.17, 15) is 13.2 Å². The molecule has 30 heavy (non-hydrogen) atoms. The largest absolute Gasteiger partial charge is 0.476 e. The first-order chi connectivity index (χ1) is 14.2. The molecule has 160 valence electrons. The number of ether oxygens (including phenoxy) is 1. The topological polar surface area (TPSA) is 115 Å². The zero-order valence-electron chi connectivity index (χ0n) is 17.1. The lowest BCUT2D eigenvalue weighted by molar-refractivity contribution is 0.0970. The Morgan fingerprint density at radius 2 is 1.80 bits per heavy atom. The third-order valence-corrected chi connectivity index (χ3v) is 7.26. The number of fused-ring (bicyclic) bond motifs is 3. The van der Waals surface area contributed by atoms with Crippen LogP contribution < -0.4 is 14.8 Å².